The fraction of sp³-hybridized carbons (Fsp3) is 0.400. The number of benzene rings is 1. The van der Waals surface area contributed by atoms with Gasteiger partial charge in [-0.05, 0) is 25.5 Å². The molecule has 2 amide bonds. The smallest absolute Gasteiger partial charge is 0.242 e. The summed E-state index contributed by atoms with van der Waals surface area (Å²) in [6.07, 6.45) is 1.29. The van der Waals surface area contributed by atoms with Crippen molar-refractivity contribution < 1.29 is 14.0 Å². The van der Waals surface area contributed by atoms with Crippen LogP contribution in [0.2, 0.25) is 0 Å². The van der Waals surface area contributed by atoms with E-state index < -0.39 is 6.04 Å². The van der Waals surface area contributed by atoms with Gasteiger partial charge in [-0.15, -0.1) is 0 Å². The number of furan rings is 1. The zero-order valence-electron chi connectivity index (χ0n) is 15.2. The number of nitrogens with two attached hydrogens (primary N) is 1. The molecule has 2 aromatic rings. The van der Waals surface area contributed by atoms with Gasteiger partial charge in [0.2, 0.25) is 11.8 Å². The quantitative estimate of drug-likeness (QED) is 0.857. The van der Waals surface area contributed by atoms with E-state index in [1.807, 2.05) is 43.3 Å². The van der Waals surface area contributed by atoms with E-state index >= 15 is 0 Å². The molecule has 6 heteroatoms. The third-order valence-electron chi connectivity index (χ3n) is 4.79. The SMILES string of the molecule is CNC(=O)[C@@H]1C[C@@H](N)CN1C(=O)CCc1ccc(-c2ccc(C)cc2)o1. The van der Waals surface area contributed by atoms with Crippen LogP contribution in [0.4, 0.5) is 0 Å². The van der Waals surface area contributed by atoms with Crippen LogP contribution >= 0.6 is 0 Å². The highest BCUT2D eigenvalue weighted by molar-refractivity contribution is 5.88. The van der Waals surface area contributed by atoms with E-state index in [0.717, 1.165) is 17.1 Å². The second-order valence-electron chi connectivity index (χ2n) is 6.80. The van der Waals surface area contributed by atoms with Crippen LogP contribution in [-0.4, -0.2) is 42.4 Å². The lowest BCUT2D eigenvalue weighted by atomic mass is 10.1. The number of carbonyl (C=O) groups is 2. The van der Waals surface area contributed by atoms with Gasteiger partial charge in [0.1, 0.15) is 17.6 Å². The van der Waals surface area contributed by atoms with E-state index in [-0.39, 0.29) is 17.9 Å². The number of likely N-dealkylation sites (N-methyl/N-ethyl adjacent to an activating group) is 1. The Morgan fingerprint density at radius 1 is 1.23 bits per heavy atom. The highest BCUT2D eigenvalue weighted by Gasteiger charge is 2.37. The van der Waals surface area contributed by atoms with Crippen LogP contribution in [0.3, 0.4) is 0 Å². The van der Waals surface area contributed by atoms with E-state index in [1.54, 1.807) is 11.9 Å². The lowest BCUT2D eigenvalue weighted by molar-refractivity contribution is -0.138. The fourth-order valence-corrected chi connectivity index (χ4v) is 3.32. The molecule has 3 rings (SSSR count). The van der Waals surface area contributed by atoms with Crippen LogP contribution in [0.15, 0.2) is 40.8 Å². The Hall–Kier alpha value is -2.60. The molecule has 26 heavy (non-hydrogen) atoms. The molecule has 0 saturated carbocycles. The van der Waals surface area contributed by atoms with Crippen LogP contribution in [0.5, 0.6) is 0 Å². The average molecular weight is 355 g/mol. The van der Waals surface area contributed by atoms with Crippen molar-refractivity contribution in [3.63, 3.8) is 0 Å². The number of hydrogen-bond acceptors (Lipinski definition) is 4. The zero-order chi connectivity index (χ0) is 18.7. The molecule has 6 nitrogen and oxygen atoms in total. The molecule has 3 N–H and O–H groups in total. The lowest BCUT2D eigenvalue weighted by Gasteiger charge is -2.23. The number of likely N-dealkylation sites (tertiary alicyclic amines) is 1. The maximum atomic E-state index is 12.6. The minimum Gasteiger partial charge on any atom is -0.461 e. The van der Waals surface area contributed by atoms with Crippen molar-refractivity contribution in [2.75, 3.05) is 13.6 Å². The van der Waals surface area contributed by atoms with Crippen LogP contribution in [-0.2, 0) is 16.0 Å². The minimum absolute atomic E-state index is 0.0696. The second kappa shape index (κ2) is 7.74. The third-order valence-corrected chi connectivity index (χ3v) is 4.79. The Balaban J connectivity index is 1.61. The van der Waals surface area contributed by atoms with Gasteiger partial charge in [0.25, 0.3) is 0 Å². The van der Waals surface area contributed by atoms with E-state index in [1.165, 1.54) is 5.56 Å². The standard InChI is InChI=1S/C20H25N3O3/c1-13-3-5-14(6-4-13)18-9-7-16(26-18)8-10-19(24)23-12-15(21)11-17(23)20(25)22-2/h3-7,9,15,17H,8,10-12,21H2,1-2H3,(H,22,25)/t15-,17+/m1/s1. The molecule has 0 aliphatic carbocycles. The van der Waals surface area contributed by atoms with Gasteiger partial charge in [-0.3, -0.25) is 9.59 Å². The van der Waals surface area contributed by atoms with Crippen molar-refractivity contribution in [3.05, 3.63) is 47.7 Å². The summed E-state index contributed by atoms with van der Waals surface area (Å²) in [6, 6.07) is 11.3. The van der Waals surface area contributed by atoms with Crippen LogP contribution in [0.25, 0.3) is 11.3 Å². The molecule has 1 aliphatic heterocycles. The van der Waals surface area contributed by atoms with Gasteiger partial charge in [0.05, 0.1) is 0 Å². The molecule has 2 atom stereocenters. The summed E-state index contributed by atoms with van der Waals surface area (Å²) >= 11 is 0. The van der Waals surface area contributed by atoms with E-state index in [4.69, 9.17) is 10.2 Å². The summed E-state index contributed by atoms with van der Waals surface area (Å²) in [5.41, 5.74) is 8.15. The first-order valence-corrected chi connectivity index (χ1v) is 8.90. The van der Waals surface area contributed by atoms with Crippen LogP contribution in [0.1, 0.15) is 24.2 Å². The average Bonchev–Trinajstić information content (AvgIpc) is 3.26. The van der Waals surface area contributed by atoms with Gasteiger partial charge in [-0.1, -0.05) is 29.8 Å². The van der Waals surface area contributed by atoms with E-state index in [2.05, 4.69) is 5.32 Å². The monoisotopic (exact) mass is 355 g/mol. The Bertz CT molecular complexity index is 782. The Labute approximate surface area is 153 Å². The number of rotatable bonds is 5. The normalized spacial score (nSPS) is 19.6. The predicted octanol–water partition coefficient (Wildman–Crippen LogP) is 1.86. The van der Waals surface area contributed by atoms with Crippen molar-refractivity contribution in [1.29, 1.82) is 0 Å². The molecule has 1 saturated heterocycles. The Morgan fingerprint density at radius 2 is 1.96 bits per heavy atom. The summed E-state index contributed by atoms with van der Waals surface area (Å²) in [4.78, 5) is 26.1. The maximum absolute atomic E-state index is 12.6. The molecule has 0 spiro atoms. The predicted molar refractivity (Wildman–Crippen MR) is 99.4 cm³/mol. The number of carbonyl (C=O) groups excluding carboxylic acids is 2. The molecule has 2 heterocycles. The second-order valence-corrected chi connectivity index (χ2v) is 6.80. The van der Waals surface area contributed by atoms with Crippen molar-refractivity contribution in [1.82, 2.24) is 10.2 Å². The highest BCUT2D eigenvalue weighted by atomic mass is 16.3. The van der Waals surface area contributed by atoms with Gasteiger partial charge >= 0.3 is 0 Å². The summed E-state index contributed by atoms with van der Waals surface area (Å²) in [5.74, 6) is 1.32. The number of amides is 2. The largest absolute Gasteiger partial charge is 0.461 e. The van der Waals surface area contributed by atoms with Gasteiger partial charge in [0, 0.05) is 38.0 Å². The number of hydrogen-bond donors (Lipinski definition) is 2. The third kappa shape index (κ3) is 3.96. The van der Waals surface area contributed by atoms with E-state index in [0.29, 0.717) is 25.8 Å². The maximum Gasteiger partial charge on any atom is 0.242 e. The van der Waals surface area contributed by atoms with Gasteiger partial charge < -0.3 is 20.4 Å². The first-order valence-electron chi connectivity index (χ1n) is 8.90. The summed E-state index contributed by atoms with van der Waals surface area (Å²) in [6.45, 7) is 2.46. The summed E-state index contributed by atoms with van der Waals surface area (Å²) in [7, 11) is 1.57. The van der Waals surface area contributed by atoms with Crippen LogP contribution < -0.4 is 11.1 Å². The molecule has 0 radical (unpaired) electrons. The Morgan fingerprint density at radius 3 is 2.65 bits per heavy atom. The van der Waals surface area contributed by atoms with Crippen molar-refractivity contribution in [2.24, 2.45) is 5.73 Å². The van der Waals surface area contributed by atoms with Gasteiger partial charge in [-0.2, -0.15) is 0 Å². The molecule has 138 valence electrons. The van der Waals surface area contributed by atoms with Crippen molar-refractivity contribution >= 4 is 11.8 Å². The van der Waals surface area contributed by atoms with Gasteiger partial charge in [0.15, 0.2) is 0 Å². The van der Waals surface area contributed by atoms with Crippen LogP contribution in [0, 0.1) is 6.92 Å². The Kier molecular flexibility index (Phi) is 5.42. The van der Waals surface area contributed by atoms with Crippen molar-refractivity contribution in [3.8, 4) is 11.3 Å². The zero-order valence-corrected chi connectivity index (χ0v) is 15.2. The molecule has 1 aliphatic rings. The molecule has 1 aromatic carbocycles. The first kappa shape index (κ1) is 18.2. The molecule has 1 fully saturated rings. The molecular weight excluding hydrogens is 330 g/mol. The fourth-order valence-electron chi connectivity index (χ4n) is 3.32. The van der Waals surface area contributed by atoms with Crippen molar-refractivity contribution in [2.45, 2.75) is 38.3 Å². The number of nitrogens with one attached hydrogen (secondary N) is 1. The van der Waals surface area contributed by atoms with E-state index in [9.17, 15) is 9.59 Å². The number of nitrogens with zero attached hydrogens (tertiary/aromatic N) is 1. The minimum atomic E-state index is -0.470. The lowest BCUT2D eigenvalue weighted by Crippen LogP contribution is -2.45. The molecule has 0 unspecified atom stereocenters. The topological polar surface area (TPSA) is 88.6 Å². The molecular formula is C20H25N3O3. The first-order chi connectivity index (χ1) is 12.5. The van der Waals surface area contributed by atoms with Gasteiger partial charge in [-0.25, -0.2) is 0 Å². The summed E-state index contributed by atoms with van der Waals surface area (Å²) in [5, 5.41) is 2.60. The summed E-state index contributed by atoms with van der Waals surface area (Å²) < 4.78 is 5.86. The molecule has 0 bridgehead atoms. The molecule has 1 aromatic heterocycles. The number of aryl methyl sites for hydroxylation is 2. The highest BCUT2D eigenvalue weighted by Crippen LogP contribution is 2.24.